The van der Waals surface area contributed by atoms with E-state index in [1.165, 1.54) is 6.33 Å². The highest BCUT2D eigenvalue weighted by Gasteiger charge is 2.25. The SMILES string of the molecule is NC1=Nc2[nH]cnc2[S+]([O-])N1. The zero-order valence-corrected chi connectivity index (χ0v) is 6.18. The van der Waals surface area contributed by atoms with Crippen LogP contribution in [0.15, 0.2) is 16.3 Å². The molecule has 2 heterocycles. The molecule has 7 heteroatoms. The lowest BCUT2D eigenvalue weighted by atomic mass is 10.7. The highest BCUT2D eigenvalue weighted by atomic mass is 32.2. The van der Waals surface area contributed by atoms with Gasteiger partial charge in [0.1, 0.15) is 11.4 Å². The van der Waals surface area contributed by atoms with Crippen LogP contribution in [-0.2, 0) is 11.4 Å². The maximum absolute atomic E-state index is 11.1. The number of aromatic amines is 1. The van der Waals surface area contributed by atoms with E-state index in [1.54, 1.807) is 0 Å². The van der Waals surface area contributed by atoms with Crippen molar-refractivity contribution in [1.29, 1.82) is 0 Å². The summed E-state index contributed by atoms with van der Waals surface area (Å²) in [6, 6.07) is 0. The first-order valence-corrected chi connectivity index (χ1v) is 3.98. The van der Waals surface area contributed by atoms with Gasteiger partial charge >= 0.3 is 5.03 Å². The van der Waals surface area contributed by atoms with Crippen molar-refractivity contribution in [2.45, 2.75) is 5.03 Å². The van der Waals surface area contributed by atoms with Crippen LogP contribution in [0.25, 0.3) is 0 Å². The summed E-state index contributed by atoms with van der Waals surface area (Å²) in [5.41, 5.74) is 5.30. The Morgan fingerprint density at radius 2 is 2.45 bits per heavy atom. The van der Waals surface area contributed by atoms with Crippen molar-refractivity contribution in [3.05, 3.63) is 6.33 Å². The largest absolute Gasteiger partial charge is 0.586 e. The van der Waals surface area contributed by atoms with Crippen LogP contribution < -0.4 is 10.5 Å². The van der Waals surface area contributed by atoms with Crippen LogP contribution in [0.2, 0.25) is 0 Å². The molecule has 1 aromatic rings. The van der Waals surface area contributed by atoms with E-state index >= 15 is 0 Å². The molecule has 0 saturated carbocycles. The van der Waals surface area contributed by atoms with Gasteiger partial charge < -0.3 is 15.3 Å². The van der Waals surface area contributed by atoms with Crippen LogP contribution >= 0.6 is 0 Å². The van der Waals surface area contributed by atoms with Crippen LogP contribution in [-0.4, -0.2) is 20.5 Å². The Labute approximate surface area is 65.2 Å². The minimum absolute atomic E-state index is 0.139. The Hall–Kier alpha value is -1.21. The van der Waals surface area contributed by atoms with Gasteiger partial charge in [0.15, 0.2) is 0 Å². The van der Waals surface area contributed by atoms with Crippen molar-refractivity contribution in [1.82, 2.24) is 14.7 Å². The van der Waals surface area contributed by atoms with Gasteiger partial charge in [0, 0.05) is 0 Å². The normalized spacial score (nSPS) is 21.9. The highest BCUT2D eigenvalue weighted by molar-refractivity contribution is 7.90. The summed E-state index contributed by atoms with van der Waals surface area (Å²) >= 11 is -1.36. The molecule has 1 aliphatic heterocycles. The number of imidazole rings is 1. The molecule has 1 unspecified atom stereocenters. The van der Waals surface area contributed by atoms with Gasteiger partial charge in [-0.25, -0.2) is 0 Å². The Kier molecular flexibility index (Phi) is 1.26. The molecule has 6 nitrogen and oxygen atoms in total. The van der Waals surface area contributed by atoms with E-state index in [1.807, 2.05) is 0 Å². The summed E-state index contributed by atoms with van der Waals surface area (Å²) in [5.74, 6) is 0.597. The molecule has 0 amide bonds. The number of fused-ring (bicyclic) bond motifs is 1. The molecule has 1 aromatic heterocycles. The van der Waals surface area contributed by atoms with Gasteiger partial charge in [0.05, 0.1) is 6.33 Å². The van der Waals surface area contributed by atoms with E-state index in [4.69, 9.17) is 5.73 Å². The maximum atomic E-state index is 11.1. The van der Waals surface area contributed by atoms with Gasteiger partial charge in [-0.15, -0.1) is 0 Å². The molecular formula is C4H5N5OS. The third-order valence-electron chi connectivity index (χ3n) is 1.19. The smallest absolute Gasteiger partial charge is 0.316 e. The topological polar surface area (TPSA) is 102 Å². The number of rotatable bonds is 0. The van der Waals surface area contributed by atoms with E-state index < -0.39 is 11.4 Å². The summed E-state index contributed by atoms with van der Waals surface area (Å²) in [5, 5.41) is 0.388. The van der Waals surface area contributed by atoms with Gasteiger partial charge in [-0.3, -0.25) is 0 Å². The first-order chi connectivity index (χ1) is 5.27. The van der Waals surface area contributed by atoms with Crippen LogP contribution in [0.4, 0.5) is 5.82 Å². The Bertz CT molecular complexity index is 307. The van der Waals surface area contributed by atoms with Gasteiger partial charge in [-0.05, 0) is 0 Å². The van der Waals surface area contributed by atoms with E-state index in [9.17, 15) is 4.55 Å². The number of aliphatic imine (C=N–C) groups is 1. The molecular weight excluding hydrogens is 166 g/mol. The molecule has 0 bridgehead atoms. The summed E-state index contributed by atoms with van der Waals surface area (Å²) in [7, 11) is 0. The van der Waals surface area contributed by atoms with Crippen LogP contribution in [0.5, 0.6) is 0 Å². The van der Waals surface area contributed by atoms with Crippen LogP contribution in [0, 0.1) is 0 Å². The fourth-order valence-corrected chi connectivity index (χ4v) is 1.54. The number of nitrogens with zero attached hydrogens (tertiary/aromatic N) is 2. The van der Waals surface area contributed by atoms with Crippen LogP contribution in [0.3, 0.4) is 0 Å². The van der Waals surface area contributed by atoms with Gasteiger partial charge in [0.25, 0.3) is 0 Å². The van der Waals surface area contributed by atoms with Crippen molar-refractivity contribution in [2.24, 2.45) is 10.7 Å². The third kappa shape index (κ3) is 0.938. The van der Waals surface area contributed by atoms with Crippen molar-refractivity contribution >= 4 is 23.1 Å². The number of guanidine groups is 1. The number of nitrogens with one attached hydrogen (secondary N) is 2. The second kappa shape index (κ2) is 2.14. The van der Waals surface area contributed by atoms with E-state index in [0.717, 1.165) is 0 Å². The molecule has 0 aromatic carbocycles. The van der Waals surface area contributed by atoms with Crippen molar-refractivity contribution in [3.63, 3.8) is 0 Å². The molecule has 4 N–H and O–H groups in total. The van der Waals surface area contributed by atoms with Crippen molar-refractivity contribution in [2.75, 3.05) is 0 Å². The number of H-pyrrole nitrogens is 1. The lowest BCUT2D eigenvalue weighted by molar-refractivity contribution is 0.587. The third-order valence-corrected chi connectivity index (χ3v) is 2.24. The molecule has 0 fully saturated rings. The molecule has 11 heavy (non-hydrogen) atoms. The predicted molar refractivity (Wildman–Crippen MR) is 39.4 cm³/mol. The molecule has 2 rings (SSSR count). The maximum Gasteiger partial charge on any atom is 0.316 e. The lowest BCUT2D eigenvalue weighted by Crippen LogP contribution is -2.38. The minimum Gasteiger partial charge on any atom is -0.586 e. The molecule has 58 valence electrons. The fraction of sp³-hybridized carbons (Fsp3) is 0. The van der Waals surface area contributed by atoms with Gasteiger partial charge in [0.2, 0.25) is 11.8 Å². The van der Waals surface area contributed by atoms with Crippen molar-refractivity contribution < 1.29 is 4.55 Å². The lowest BCUT2D eigenvalue weighted by Gasteiger charge is -2.11. The first-order valence-electron chi connectivity index (χ1n) is 2.83. The molecule has 0 aliphatic carbocycles. The van der Waals surface area contributed by atoms with Crippen molar-refractivity contribution in [3.8, 4) is 0 Å². The first kappa shape index (κ1) is 6.50. The molecule has 1 atom stereocenters. The predicted octanol–water partition coefficient (Wildman–Crippen LogP) is -1.02. The molecule has 0 spiro atoms. The van der Waals surface area contributed by atoms with E-state index in [-0.39, 0.29) is 5.96 Å². The van der Waals surface area contributed by atoms with Gasteiger partial charge in [-0.1, -0.05) is 0 Å². The van der Waals surface area contributed by atoms with Crippen LogP contribution in [0.1, 0.15) is 0 Å². The highest BCUT2D eigenvalue weighted by Crippen LogP contribution is 2.21. The zero-order valence-electron chi connectivity index (χ0n) is 5.37. The average molecular weight is 171 g/mol. The second-order valence-corrected chi connectivity index (χ2v) is 3.05. The molecule has 0 saturated heterocycles. The Morgan fingerprint density at radius 1 is 1.64 bits per heavy atom. The average Bonchev–Trinajstić information content (AvgIpc) is 2.34. The Morgan fingerprint density at radius 3 is 3.27 bits per heavy atom. The molecule has 0 radical (unpaired) electrons. The molecule has 1 aliphatic rings. The summed E-state index contributed by atoms with van der Waals surface area (Å²) < 4.78 is 13.6. The monoisotopic (exact) mass is 171 g/mol. The summed E-state index contributed by atoms with van der Waals surface area (Å²) in [6.45, 7) is 0. The summed E-state index contributed by atoms with van der Waals surface area (Å²) in [4.78, 5) is 10.3. The van der Waals surface area contributed by atoms with E-state index in [2.05, 4.69) is 19.7 Å². The zero-order chi connectivity index (χ0) is 7.84. The van der Waals surface area contributed by atoms with Gasteiger partial charge in [-0.2, -0.15) is 14.7 Å². The Balaban J connectivity index is 2.51. The quantitative estimate of drug-likeness (QED) is 0.435. The standard InChI is InChI=1S/C4H5N5OS/c5-4-8-2-3(7-1-6-2)11(10)9-4/h1H,(H,6,7)(H3,5,8,9). The fourth-order valence-electron chi connectivity index (χ4n) is 0.777. The number of aromatic nitrogens is 2. The summed E-state index contributed by atoms with van der Waals surface area (Å²) in [6.07, 6.45) is 1.42. The van der Waals surface area contributed by atoms with E-state index in [0.29, 0.717) is 10.8 Å². The second-order valence-electron chi connectivity index (χ2n) is 1.92. The number of nitrogens with two attached hydrogens (primary N) is 1. The number of hydrogen-bond donors (Lipinski definition) is 3. The number of hydrogen-bond acceptors (Lipinski definition) is 5. The minimum atomic E-state index is -1.36.